The molecule has 1 aliphatic rings. The smallest absolute Gasteiger partial charge is 0.368 e. The van der Waals surface area contributed by atoms with Crippen molar-refractivity contribution in [2.24, 2.45) is 5.92 Å². The van der Waals surface area contributed by atoms with Gasteiger partial charge in [-0.2, -0.15) is 13.2 Å². The molecule has 25 heavy (non-hydrogen) atoms. The number of nitrogens with one attached hydrogen (secondary N) is 3. The van der Waals surface area contributed by atoms with Gasteiger partial charge in [-0.05, 0) is 31.4 Å². The largest absolute Gasteiger partial charge is 0.417 e. The van der Waals surface area contributed by atoms with Crippen molar-refractivity contribution in [1.29, 1.82) is 0 Å². The Morgan fingerprint density at radius 3 is 2.48 bits per heavy atom. The summed E-state index contributed by atoms with van der Waals surface area (Å²) >= 11 is 0. The Labute approximate surface area is 143 Å². The standard InChI is InChI=1S/C16H21F3N4O2/c17-16(18,19)12-5-6-13(23-10-12)20-8-9-21-14(24)2-1-7-22-15(25)11-3-4-11/h5-6,10-11H,1-4,7-9H2,(H,20,23)(H,21,24)(H,22,25). The van der Waals surface area contributed by atoms with E-state index in [1.165, 1.54) is 6.07 Å². The Morgan fingerprint density at radius 2 is 1.88 bits per heavy atom. The quantitative estimate of drug-likeness (QED) is 0.589. The van der Waals surface area contributed by atoms with Crippen LogP contribution in [0.15, 0.2) is 18.3 Å². The SMILES string of the molecule is O=C(CCCNC(=O)C1CC1)NCCNc1ccc(C(F)(F)F)cn1. The average molecular weight is 358 g/mol. The van der Waals surface area contributed by atoms with E-state index in [1.807, 2.05) is 0 Å². The molecule has 0 aromatic carbocycles. The van der Waals surface area contributed by atoms with Crippen LogP contribution in [0.5, 0.6) is 0 Å². The van der Waals surface area contributed by atoms with E-state index in [4.69, 9.17) is 0 Å². The fourth-order valence-corrected chi connectivity index (χ4v) is 2.10. The number of anilines is 1. The highest BCUT2D eigenvalue weighted by Gasteiger charge is 2.30. The number of carbonyl (C=O) groups is 2. The third-order valence-corrected chi connectivity index (χ3v) is 3.67. The lowest BCUT2D eigenvalue weighted by Crippen LogP contribution is -2.30. The minimum Gasteiger partial charge on any atom is -0.368 e. The molecule has 2 rings (SSSR count). The van der Waals surface area contributed by atoms with E-state index in [9.17, 15) is 22.8 Å². The molecule has 138 valence electrons. The van der Waals surface area contributed by atoms with E-state index in [2.05, 4.69) is 20.9 Å². The molecule has 0 aliphatic heterocycles. The zero-order chi connectivity index (χ0) is 18.3. The van der Waals surface area contributed by atoms with Crippen molar-refractivity contribution < 1.29 is 22.8 Å². The summed E-state index contributed by atoms with van der Waals surface area (Å²) in [5, 5.41) is 8.30. The molecule has 0 unspecified atom stereocenters. The number of alkyl halides is 3. The zero-order valence-electron chi connectivity index (χ0n) is 13.7. The molecule has 1 aromatic heterocycles. The highest BCUT2D eigenvalue weighted by Crippen LogP contribution is 2.29. The van der Waals surface area contributed by atoms with E-state index in [0.29, 0.717) is 38.3 Å². The first kappa shape index (κ1) is 19.0. The van der Waals surface area contributed by atoms with Crippen molar-refractivity contribution in [3.63, 3.8) is 0 Å². The van der Waals surface area contributed by atoms with Gasteiger partial charge in [0.05, 0.1) is 5.56 Å². The Hall–Kier alpha value is -2.32. The highest BCUT2D eigenvalue weighted by atomic mass is 19.4. The maximum absolute atomic E-state index is 12.4. The molecule has 1 fully saturated rings. The third kappa shape index (κ3) is 6.98. The summed E-state index contributed by atoms with van der Waals surface area (Å²) in [6, 6.07) is 2.19. The van der Waals surface area contributed by atoms with Crippen LogP contribution >= 0.6 is 0 Å². The highest BCUT2D eigenvalue weighted by molar-refractivity contribution is 5.81. The Kier molecular flexibility index (Phi) is 6.60. The van der Waals surface area contributed by atoms with Gasteiger partial charge in [0.1, 0.15) is 5.82 Å². The van der Waals surface area contributed by atoms with Crippen LogP contribution in [0.2, 0.25) is 0 Å². The molecule has 0 radical (unpaired) electrons. The third-order valence-electron chi connectivity index (χ3n) is 3.67. The molecule has 0 saturated heterocycles. The Balaban J connectivity index is 1.53. The second-order valence-electron chi connectivity index (χ2n) is 5.88. The summed E-state index contributed by atoms with van der Waals surface area (Å²) in [7, 11) is 0. The normalized spacial score (nSPS) is 14.0. The van der Waals surface area contributed by atoms with Gasteiger partial charge in [0.15, 0.2) is 0 Å². The van der Waals surface area contributed by atoms with Gasteiger partial charge in [-0.25, -0.2) is 4.98 Å². The predicted octanol–water partition coefficient (Wildman–Crippen LogP) is 1.93. The predicted molar refractivity (Wildman–Crippen MR) is 85.7 cm³/mol. The number of pyridine rings is 1. The number of hydrogen-bond donors (Lipinski definition) is 3. The first-order valence-electron chi connectivity index (χ1n) is 8.18. The van der Waals surface area contributed by atoms with Gasteiger partial charge in [0, 0.05) is 38.2 Å². The average Bonchev–Trinajstić information content (AvgIpc) is 3.40. The summed E-state index contributed by atoms with van der Waals surface area (Å²) in [4.78, 5) is 26.7. The number of nitrogens with zero attached hydrogens (tertiary/aromatic N) is 1. The number of amides is 2. The lowest BCUT2D eigenvalue weighted by atomic mass is 10.2. The Morgan fingerprint density at radius 1 is 1.12 bits per heavy atom. The summed E-state index contributed by atoms with van der Waals surface area (Å²) in [6.07, 6.45) is -0.865. The molecule has 3 N–H and O–H groups in total. The molecule has 2 amide bonds. The Bertz CT molecular complexity index is 586. The lowest BCUT2D eigenvalue weighted by Gasteiger charge is -2.09. The fraction of sp³-hybridized carbons (Fsp3) is 0.562. The van der Waals surface area contributed by atoms with Crippen LogP contribution in [-0.2, 0) is 15.8 Å². The van der Waals surface area contributed by atoms with Gasteiger partial charge in [0.2, 0.25) is 11.8 Å². The van der Waals surface area contributed by atoms with Crippen molar-refractivity contribution in [2.75, 3.05) is 25.0 Å². The number of aromatic nitrogens is 1. The molecular formula is C16H21F3N4O2. The molecule has 1 heterocycles. The van der Waals surface area contributed by atoms with Crippen molar-refractivity contribution in [1.82, 2.24) is 15.6 Å². The van der Waals surface area contributed by atoms with Gasteiger partial charge >= 0.3 is 6.18 Å². The van der Waals surface area contributed by atoms with E-state index in [1.54, 1.807) is 0 Å². The van der Waals surface area contributed by atoms with Crippen LogP contribution in [-0.4, -0.2) is 36.4 Å². The number of hydrogen-bond acceptors (Lipinski definition) is 4. The summed E-state index contributed by atoms with van der Waals surface area (Å²) < 4.78 is 37.2. The van der Waals surface area contributed by atoms with Crippen molar-refractivity contribution >= 4 is 17.6 Å². The first-order valence-corrected chi connectivity index (χ1v) is 8.18. The summed E-state index contributed by atoms with van der Waals surface area (Å²) in [6.45, 7) is 1.16. The number of carbonyl (C=O) groups excluding carboxylic acids is 2. The van der Waals surface area contributed by atoms with Crippen molar-refractivity contribution in [2.45, 2.75) is 31.9 Å². The monoisotopic (exact) mass is 358 g/mol. The van der Waals surface area contributed by atoms with Crippen LogP contribution in [0.1, 0.15) is 31.2 Å². The minimum atomic E-state index is -4.41. The van der Waals surface area contributed by atoms with Gasteiger partial charge in [-0.1, -0.05) is 0 Å². The van der Waals surface area contributed by atoms with Gasteiger partial charge < -0.3 is 16.0 Å². The van der Waals surface area contributed by atoms with Crippen LogP contribution in [0, 0.1) is 5.92 Å². The number of halogens is 3. The van der Waals surface area contributed by atoms with Gasteiger partial charge in [-0.15, -0.1) is 0 Å². The summed E-state index contributed by atoms with van der Waals surface area (Å²) in [5.41, 5.74) is -0.805. The molecule has 0 atom stereocenters. The lowest BCUT2D eigenvalue weighted by molar-refractivity contribution is -0.137. The van der Waals surface area contributed by atoms with Gasteiger partial charge in [-0.3, -0.25) is 9.59 Å². The van der Waals surface area contributed by atoms with Crippen molar-refractivity contribution in [3.05, 3.63) is 23.9 Å². The van der Waals surface area contributed by atoms with Crippen molar-refractivity contribution in [3.8, 4) is 0 Å². The van der Waals surface area contributed by atoms with Gasteiger partial charge in [0.25, 0.3) is 0 Å². The summed E-state index contributed by atoms with van der Waals surface area (Å²) in [5.74, 6) is 0.403. The molecule has 0 bridgehead atoms. The number of rotatable bonds is 9. The first-order chi connectivity index (χ1) is 11.9. The zero-order valence-corrected chi connectivity index (χ0v) is 13.7. The molecule has 1 aromatic rings. The second kappa shape index (κ2) is 8.68. The maximum Gasteiger partial charge on any atom is 0.417 e. The van der Waals surface area contributed by atoms with Crippen LogP contribution in [0.3, 0.4) is 0 Å². The van der Waals surface area contributed by atoms with Crippen LogP contribution in [0.25, 0.3) is 0 Å². The van der Waals surface area contributed by atoms with E-state index in [-0.39, 0.29) is 17.7 Å². The maximum atomic E-state index is 12.4. The van der Waals surface area contributed by atoms with E-state index in [0.717, 1.165) is 25.1 Å². The van der Waals surface area contributed by atoms with Crippen LogP contribution in [0.4, 0.5) is 19.0 Å². The molecule has 1 saturated carbocycles. The fourth-order valence-electron chi connectivity index (χ4n) is 2.10. The van der Waals surface area contributed by atoms with Crippen LogP contribution < -0.4 is 16.0 Å². The molecule has 9 heteroatoms. The second-order valence-corrected chi connectivity index (χ2v) is 5.88. The molecular weight excluding hydrogens is 337 g/mol. The van der Waals surface area contributed by atoms with E-state index < -0.39 is 11.7 Å². The van der Waals surface area contributed by atoms with E-state index >= 15 is 0 Å². The topological polar surface area (TPSA) is 83.1 Å². The molecule has 1 aliphatic carbocycles. The molecule has 0 spiro atoms. The molecule has 6 nitrogen and oxygen atoms in total. The minimum absolute atomic E-state index is 0.0636.